The first-order valence-electron chi connectivity index (χ1n) is 6.02. The van der Waals surface area contributed by atoms with Gasteiger partial charge in [0.15, 0.2) is 0 Å². The quantitative estimate of drug-likeness (QED) is 0.756. The van der Waals surface area contributed by atoms with Crippen LogP contribution in [0.3, 0.4) is 0 Å². The van der Waals surface area contributed by atoms with E-state index in [4.69, 9.17) is 0 Å². The monoisotopic (exact) mass is 402 g/mol. The van der Waals surface area contributed by atoms with E-state index in [-0.39, 0.29) is 5.75 Å². The van der Waals surface area contributed by atoms with Crippen molar-refractivity contribution in [2.75, 3.05) is 12.4 Å². The van der Waals surface area contributed by atoms with Crippen LogP contribution in [0.4, 0.5) is 11.4 Å². The van der Waals surface area contributed by atoms with Gasteiger partial charge in [-0.1, -0.05) is 24.3 Å². The van der Waals surface area contributed by atoms with Crippen LogP contribution in [0.15, 0.2) is 48.5 Å². The Bertz CT molecular complexity index is 688. The molecule has 0 fully saturated rings. The first-order valence-corrected chi connectivity index (χ1v) is 8.75. The van der Waals surface area contributed by atoms with Gasteiger partial charge in [-0.25, -0.2) is 13.1 Å². The largest absolute Gasteiger partial charge is 0.355 e. The number of benzene rings is 2. The van der Waals surface area contributed by atoms with Gasteiger partial charge in [0.1, 0.15) is 0 Å². The molecule has 106 valence electrons. The van der Waals surface area contributed by atoms with Crippen molar-refractivity contribution >= 4 is 44.0 Å². The minimum Gasteiger partial charge on any atom is -0.355 e. The maximum atomic E-state index is 11.5. The van der Waals surface area contributed by atoms with E-state index in [1.807, 2.05) is 48.5 Å². The molecule has 0 atom stereocenters. The summed E-state index contributed by atoms with van der Waals surface area (Å²) in [7, 11) is -1.81. The minimum absolute atomic E-state index is 0.00881. The Balaban J connectivity index is 2.18. The lowest BCUT2D eigenvalue weighted by Gasteiger charge is -2.10. The Morgan fingerprint density at radius 3 is 2.40 bits per heavy atom. The lowest BCUT2D eigenvalue weighted by Crippen LogP contribution is -2.20. The van der Waals surface area contributed by atoms with Crippen LogP contribution in [-0.4, -0.2) is 15.5 Å². The van der Waals surface area contributed by atoms with Crippen LogP contribution >= 0.6 is 22.6 Å². The smallest absolute Gasteiger partial charge is 0.215 e. The molecule has 6 heteroatoms. The molecule has 0 aliphatic heterocycles. The third kappa shape index (κ3) is 4.19. The molecule has 0 aromatic heterocycles. The van der Waals surface area contributed by atoms with E-state index in [0.717, 1.165) is 20.5 Å². The number of anilines is 2. The van der Waals surface area contributed by atoms with Gasteiger partial charge in [-0.05, 0) is 59.5 Å². The summed E-state index contributed by atoms with van der Waals surface area (Å²) in [4.78, 5) is 0. The highest BCUT2D eigenvalue weighted by Gasteiger charge is 2.10. The maximum absolute atomic E-state index is 11.5. The molecule has 0 bridgehead atoms. The van der Waals surface area contributed by atoms with Gasteiger partial charge in [-0.3, -0.25) is 0 Å². The van der Waals surface area contributed by atoms with E-state index >= 15 is 0 Å². The Morgan fingerprint density at radius 2 is 1.80 bits per heavy atom. The van der Waals surface area contributed by atoms with Gasteiger partial charge in [0.2, 0.25) is 10.0 Å². The van der Waals surface area contributed by atoms with Crippen LogP contribution in [0.5, 0.6) is 0 Å². The second-order valence-electron chi connectivity index (χ2n) is 4.27. The van der Waals surface area contributed by atoms with Crippen LogP contribution in [0.1, 0.15) is 5.56 Å². The molecule has 2 N–H and O–H groups in total. The molecule has 0 radical (unpaired) electrons. The number of sulfonamides is 1. The molecule has 0 heterocycles. The first kappa shape index (κ1) is 15.3. The van der Waals surface area contributed by atoms with Crippen molar-refractivity contribution < 1.29 is 8.42 Å². The normalized spacial score (nSPS) is 11.3. The number of hydrogen-bond acceptors (Lipinski definition) is 3. The van der Waals surface area contributed by atoms with Gasteiger partial charge >= 0.3 is 0 Å². The second kappa shape index (κ2) is 6.55. The first-order chi connectivity index (χ1) is 9.50. The third-order valence-electron chi connectivity index (χ3n) is 2.75. The highest BCUT2D eigenvalue weighted by molar-refractivity contribution is 14.1. The Kier molecular flexibility index (Phi) is 5.00. The van der Waals surface area contributed by atoms with Crippen molar-refractivity contribution in [1.82, 2.24) is 4.72 Å². The SMILES string of the molecule is CNS(=O)(=O)Cc1ccc(Nc2ccccc2)c(I)c1. The van der Waals surface area contributed by atoms with Crippen LogP contribution < -0.4 is 10.0 Å². The zero-order valence-corrected chi connectivity index (χ0v) is 13.9. The van der Waals surface area contributed by atoms with Crippen molar-refractivity contribution in [2.24, 2.45) is 0 Å². The van der Waals surface area contributed by atoms with Crippen LogP contribution in [0, 0.1) is 3.57 Å². The van der Waals surface area contributed by atoms with E-state index in [9.17, 15) is 8.42 Å². The molecular weight excluding hydrogens is 387 g/mol. The van der Waals surface area contributed by atoms with E-state index in [2.05, 4.69) is 32.6 Å². The van der Waals surface area contributed by atoms with Crippen molar-refractivity contribution in [1.29, 1.82) is 0 Å². The molecule has 0 saturated carbocycles. The number of halogens is 1. The van der Waals surface area contributed by atoms with Crippen molar-refractivity contribution in [3.05, 3.63) is 57.7 Å². The summed E-state index contributed by atoms with van der Waals surface area (Å²) in [5.74, 6) is -0.00881. The molecule has 2 rings (SSSR count). The zero-order chi connectivity index (χ0) is 14.6. The molecule has 0 aliphatic rings. The minimum atomic E-state index is -3.23. The van der Waals surface area contributed by atoms with Crippen molar-refractivity contribution in [3.63, 3.8) is 0 Å². The fraction of sp³-hybridized carbons (Fsp3) is 0.143. The third-order valence-corrected chi connectivity index (χ3v) is 4.98. The summed E-state index contributed by atoms with van der Waals surface area (Å²) >= 11 is 2.20. The standard InChI is InChI=1S/C14H15IN2O2S/c1-16-20(18,19)10-11-7-8-14(13(15)9-11)17-12-5-3-2-4-6-12/h2-9,16-17H,10H2,1H3. The molecule has 20 heavy (non-hydrogen) atoms. The molecule has 0 amide bonds. The molecule has 2 aromatic rings. The number of rotatable bonds is 5. The zero-order valence-electron chi connectivity index (χ0n) is 10.9. The summed E-state index contributed by atoms with van der Waals surface area (Å²) in [6.45, 7) is 0. The summed E-state index contributed by atoms with van der Waals surface area (Å²) < 4.78 is 26.4. The van der Waals surface area contributed by atoms with Gasteiger partial charge in [0.05, 0.1) is 11.4 Å². The number of hydrogen-bond donors (Lipinski definition) is 2. The second-order valence-corrected chi connectivity index (χ2v) is 7.36. The maximum Gasteiger partial charge on any atom is 0.215 e. The van der Waals surface area contributed by atoms with Gasteiger partial charge in [-0.2, -0.15) is 0 Å². The predicted octanol–water partition coefficient (Wildman–Crippen LogP) is 3.08. The number of para-hydroxylation sites is 1. The van der Waals surface area contributed by atoms with Crippen LogP contribution in [0.25, 0.3) is 0 Å². The van der Waals surface area contributed by atoms with Gasteiger partial charge < -0.3 is 5.32 Å². The molecule has 0 aliphatic carbocycles. The molecule has 4 nitrogen and oxygen atoms in total. The topological polar surface area (TPSA) is 58.2 Å². The van der Waals surface area contributed by atoms with E-state index in [1.54, 1.807) is 0 Å². The van der Waals surface area contributed by atoms with E-state index < -0.39 is 10.0 Å². The summed E-state index contributed by atoms with van der Waals surface area (Å²) in [5.41, 5.74) is 2.73. The Labute approximate surface area is 132 Å². The molecule has 0 unspecified atom stereocenters. The molecule has 0 spiro atoms. The van der Waals surface area contributed by atoms with Crippen molar-refractivity contribution in [3.8, 4) is 0 Å². The highest BCUT2D eigenvalue weighted by Crippen LogP contribution is 2.24. The van der Waals surface area contributed by atoms with Gasteiger partial charge in [0, 0.05) is 9.26 Å². The average Bonchev–Trinajstić information content (AvgIpc) is 2.43. The fourth-order valence-corrected chi connectivity index (χ4v) is 3.20. The lowest BCUT2D eigenvalue weighted by molar-refractivity contribution is 0.587. The van der Waals surface area contributed by atoms with Gasteiger partial charge in [-0.15, -0.1) is 0 Å². The Hall–Kier alpha value is -1.12. The van der Waals surface area contributed by atoms with E-state index in [1.165, 1.54) is 7.05 Å². The van der Waals surface area contributed by atoms with E-state index in [0.29, 0.717) is 0 Å². The molecular formula is C14H15IN2O2S. The summed E-state index contributed by atoms with van der Waals surface area (Å²) in [6, 6.07) is 15.4. The summed E-state index contributed by atoms with van der Waals surface area (Å²) in [5, 5.41) is 3.30. The van der Waals surface area contributed by atoms with Gasteiger partial charge in [0.25, 0.3) is 0 Å². The predicted molar refractivity (Wildman–Crippen MR) is 90.6 cm³/mol. The lowest BCUT2D eigenvalue weighted by atomic mass is 10.2. The fourth-order valence-electron chi connectivity index (χ4n) is 1.72. The highest BCUT2D eigenvalue weighted by atomic mass is 127. The number of nitrogens with one attached hydrogen (secondary N) is 2. The van der Waals surface area contributed by atoms with Crippen LogP contribution in [-0.2, 0) is 15.8 Å². The Morgan fingerprint density at radius 1 is 1.10 bits per heavy atom. The molecule has 2 aromatic carbocycles. The van der Waals surface area contributed by atoms with Crippen molar-refractivity contribution in [2.45, 2.75) is 5.75 Å². The molecule has 0 saturated heterocycles. The summed E-state index contributed by atoms with van der Waals surface area (Å²) in [6.07, 6.45) is 0. The van der Waals surface area contributed by atoms with Crippen LogP contribution in [0.2, 0.25) is 0 Å². The average molecular weight is 402 g/mol.